The first-order valence-electron chi connectivity index (χ1n) is 4.52. The van der Waals surface area contributed by atoms with Crippen LogP contribution in [0.2, 0.25) is 0 Å². The molecule has 1 rings (SSSR count). The molecule has 0 spiro atoms. The number of H-pyrrole nitrogens is 1. The molecule has 1 heterocycles. The van der Waals surface area contributed by atoms with Gasteiger partial charge in [-0.3, -0.25) is 4.79 Å². The highest BCUT2D eigenvalue weighted by Crippen LogP contribution is 2.06. The molecule has 1 aromatic rings. The second-order valence-electron chi connectivity index (χ2n) is 3.22. The lowest BCUT2D eigenvalue weighted by Crippen LogP contribution is -2.17. The number of hydrogen-bond donors (Lipinski definition) is 2. The minimum atomic E-state index is -1.05. The molecule has 0 aromatic carbocycles. The van der Waals surface area contributed by atoms with Crippen molar-refractivity contribution in [1.82, 2.24) is 4.98 Å². The lowest BCUT2D eigenvalue weighted by Gasteiger charge is -2.03. The van der Waals surface area contributed by atoms with Gasteiger partial charge in [-0.15, -0.1) is 0 Å². The second kappa shape index (κ2) is 4.09. The summed E-state index contributed by atoms with van der Waals surface area (Å²) >= 11 is 0. The molecule has 0 bridgehead atoms. The summed E-state index contributed by atoms with van der Waals surface area (Å²) in [6, 6.07) is 1.53. The van der Waals surface area contributed by atoms with Crippen molar-refractivity contribution < 1.29 is 9.90 Å². The Morgan fingerprint density at radius 1 is 1.57 bits per heavy atom. The van der Waals surface area contributed by atoms with Crippen molar-refractivity contribution in [2.75, 3.05) is 0 Å². The molecule has 0 saturated heterocycles. The molecule has 0 saturated carbocycles. The Labute approximate surface area is 81.6 Å². The molecule has 4 nitrogen and oxygen atoms in total. The predicted octanol–water partition coefficient (Wildman–Crippen LogP) is 1.33. The van der Waals surface area contributed by atoms with Crippen LogP contribution in [0, 0.1) is 6.92 Å². The molecule has 0 atom stereocenters. The Bertz CT molecular complexity index is 406. The van der Waals surface area contributed by atoms with Gasteiger partial charge in [-0.1, -0.05) is 13.3 Å². The third kappa shape index (κ3) is 2.02. The quantitative estimate of drug-likeness (QED) is 0.764. The first-order valence-corrected chi connectivity index (χ1v) is 4.52. The fraction of sp³-hybridized carbons (Fsp3) is 0.400. The van der Waals surface area contributed by atoms with Gasteiger partial charge in [-0.25, -0.2) is 4.79 Å². The van der Waals surface area contributed by atoms with E-state index in [0.717, 1.165) is 6.42 Å². The van der Waals surface area contributed by atoms with Gasteiger partial charge in [-0.05, 0) is 19.4 Å². The minimum absolute atomic E-state index is 0.0946. The van der Waals surface area contributed by atoms with Crippen molar-refractivity contribution in [1.29, 1.82) is 0 Å². The van der Waals surface area contributed by atoms with Crippen molar-refractivity contribution in [2.45, 2.75) is 26.7 Å². The maximum Gasteiger partial charge on any atom is 0.336 e. The predicted molar refractivity (Wildman–Crippen MR) is 52.8 cm³/mol. The monoisotopic (exact) mass is 195 g/mol. The van der Waals surface area contributed by atoms with E-state index in [2.05, 4.69) is 4.98 Å². The van der Waals surface area contributed by atoms with E-state index in [0.29, 0.717) is 12.1 Å². The molecular weight excluding hydrogens is 182 g/mol. The van der Waals surface area contributed by atoms with E-state index in [1.165, 1.54) is 13.0 Å². The van der Waals surface area contributed by atoms with Gasteiger partial charge < -0.3 is 10.1 Å². The summed E-state index contributed by atoms with van der Waals surface area (Å²) in [5.41, 5.74) is 0.725. The summed E-state index contributed by atoms with van der Waals surface area (Å²) < 4.78 is 0. The van der Waals surface area contributed by atoms with Crippen LogP contribution >= 0.6 is 0 Å². The highest BCUT2D eigenvalue weighted by atomic mass is 16.4. The fourth-order valence-electron chi connectivity index (χ4n) is 1.31. The van der Waals surface area contributed by atoms with Gasteiger partial charge >= 0.3 is 5.97 Å². The molecule has 76 valence electrons. The Hall–Kier alpha value is -1.58. The Balaban J connectivity index is 3.28. The summed E-state index contributed by atoms with van der Waals surface area (Å²) in [6.45, 7) is 3.48. The topological polar surface area (TPSA) is 70.2 Å². The third-order valence-electron chi connectivity index (χ3n) is 2.09. The number of carbonyl (C=O) groups is 1. The Morgan fingerprint density at radius 2 is 2.21 bits per heavy atom. The highest BCUT2D eigenvalue weighted by molar-refractivity contribution is 5.89. The minimum Gasteiger partial charge on any atom is -0.478 e. The van der Waals surface area contributed by atoms with Crippen LogP contribution in [-0.2, 0) is 6.42 Å². The van der Waals surface area contributed by atoms with E-state index in [-0.39, 0.29) is 16.7 Å². The molecule has 0 amide bonds. The van der Waals surface area contributed by atoms with Gasteiger partial charge in [0.25, 0.3) is 5.56 Å². The van der Waals surface area contributed by atoms with Crippen LogP contribution in [0.3, 0.4) is 0 Å². The van der Waals surface area contributed by atoms with Gasteiger partial charge in [0.2, 0.25) is 0 Å². The summed E-state index contributed by atoms with van der Waals surface area (Å²) in [5, 5.41) is 8.83. The van der Waals surface area contributed by atoms with E-state index in [4.69, 9.17) is 5.11 Å². The standard InChI is InChI=1S/C10H13NO3/c1-3-4-7-5-8(10(13)14)6(2)9(12)11-7/h5H,3-4H2,1-2H3,(H,11,12)(H,13,14). The van der Waals surface area contributed by atoms with E-state index in [1.54, 1.807) is 0 Å². The van der Waals surface area contributed by atoms with Gasteiger partial charge in [0.15, 0.2) is 0 Å². The molecule has 2 N–H and O–H groups in total. The Morgan fingerprint density at radius 3 is 2.71 bits per heavy atom. The number of rotatable bonds is 3. The molecular formula is C10H13NO3. The van der Waals surface area contributed by atoms with Crippen molar-refractivity contribution in [2.24, 2.45) is 0 Å². The summed E-state index contributed by atoms with van der Waals surface area (Å²) in [7, 11) is 0. The molecule has 0 fully saturated rings. The third-order valence-corrected chi connectivity index (χ3v) is 2.09. The summed E-state index contributed by atoms with van der Waals surface area (Å²) in [5.74, 6) is -1.05. The zero-order valence-electron chi connectivity index (χ0n) is 8.26. The fourth-order valence-corrected chi connectivity index (χ4v) is 1.31. The number of carboxylic acids is 1. The maximum absolute atomic E-state index is 11.3. The van der Waals surface area contributed by atoms with E-state index in [9.17, 15) is 9.59 Å². The first-order chi connectivity index (χ1) is 6.56. The van der Waals surface area contributed by atoms with Crippen molar-refractivity contribution >= 4 is 5.97 Å². The van der Waals surface area contributed by atoms with E-state index < -0.39 is 5.97 Å². The molecule has 0 aliphatic rings. The lowest BCUT2D eigenvalue weighted by atomic mass is 10.1. The van der Waals surface area contributed by atoms with Crippen LogP contribution < -0.4 is 5.56 Å². The molecule has 1 aromatic heterocycles. The number of aromatic carboxylic acids is 1. The van der Waals surface area contributed by atoms with Crippen LogP contribution in [0.1, 0.15) is 35.0 Å². The summed E-state index contributed by atoms with van der Waals surface area (Å²) in [6.07, 6.45) is 1.56. The van der Waals surface area contributed by atoms with Gasteiger partial charge in [0.1, 0.15) is 0 Å². The number of nitrogens with one attached hydrogen (secondary N) is 1. The van der Waals surface area contributed by atoms with Crippen molar-refractivity contribution in [3.63, 3.8) is 0 Å². The number of hydrogen-bond acceptors (Lipinski definition) is 2. The van der Waals surface area contributed by atoms with Crippen molar-refractivity contribution in [3.8, 4) is 0 Å². The molecule has 14 heavy (non-hydrogen) atoms. The number of aryl methyl sites for hydroxylation is 1. The average molecular weight is 195 g/mol. The maximum atomic E-state index is 11.3. The van der Waals surface area contributed by atoms with E-state index >= 15 is 0 Å². The molecule has 0 unspecified atom stereocenters. The summed E-state index contributed by atoms with van der Waals surface area (Å²) in [4.78, 5) is 24.8. The molecule has 0 aliphatic carbocycles. The normalized spacial score (nSPS) is 10.1. The van der Waals surface area contributed by atoms with Crippen LogP contribution in [0.25, 0.3) is 0 Å². The highest BCUT2D eigenvalue weighted by Gasteiger charge is 2.11. The van der Waals surface area contributed by atoms with Crippen molar-refractivity contribution in [3.05, 3.63) is 33.2 Å². The van der Waals surface area contributed by atoms with Crippen LogP contribution in [-0.4, -0.2) is 16.1 Å². The average Bonchev–Trinajstić information content (AvgIpc) is 2.11. The largest absolute Gasteiger partial charge is 0.478 e. The van der Waals surface area contributed by atoms with Gasteiger partial charge in [0.05, 0.1) is 5.56 Å². The second-order valence-corrected chi connectivity index (χ2v) is 3.22. The van der Waals surface area contributed by atoms with Gasteiger partial charge in [0, 0.05) is 11.3 Å². The van der Waals surface area contributed by atoms with Gasteiger partial charge in [-0.2, -0.15) is 0 Å². The van der Waals surface area contributed by atoms with E-state index in [1.807, 2.05) is 6.92 Å². The molecule has 4 heteroatoms. The molecule has 0 radical (unpaired) electrons. The lowest BCUT2D eigenvalue weighted by molar-refractivity contribution is 0.0695. The van der Waals surface area contributed by atoms with Crippen LogP contribution in [0.4, 0.5) is 0 Å². The van der Waals surface area contributed by atoms with Crippen LogP contribution in [0.5, 0.6) is 0 Å². The molecule has 0 aliphatic heterocycles. The smallest absolute Gasteiger partial charge is 0.336 e. The first kappa shape index (κ1) is 10.5. The number of carboxylic acid groups (broad SMARTS) is 1. The number of aromatic amines is 1. The Kier molecular flexibility index (Phi) is 3.06. The zero-order valence-corrected chi connectivity index (χ0v) is 8.26. The zero-order chi connectivity index (χ0) is 10.7. The SMILES string of the molecule is CCCc1cc(C(=O)O)c(C)c(=O)[nH]1. The number of pyridine rings is 1. The van der Waals surface area contributed by atoms with Crippen LogP contribution in [0.15, 0.2) is 10.9 Å². The number of aromatic nitrogens is 1.